The molecule has 2 N–H and O–H groups in total. The number of nitrogens with zero attached hydrogens (tertiary/aromatic N) is 1. The van der Waals surface area contributed by atoms with Crippen LogP contribution in [-0.4, -0.2) is 24.8 Å². The van der Waals surface area contributed by atoms with Gasteiger partial charge in [0.2, 0.25) is 0 Å². The van der Waals surface area contributed by atoms with E-state index in [2.05, 4.69) is 4.98 Å². The number of nitrogen functional groups attached to an aromatic ring is 1. The van der Waals surface area contributed by atoms with Gasteiger partial charge in [-0.2, -0.15) is 0 Å². The quantitative estimate of drug-likeness (QED) is 0.693. The largest absolute Gasteiger partial charge is 0.384 e. The van der Waals surface area contributed by atoms with E-state index in [-0.39, 0.29) is 6.10 Å². The van der Waals surface area contributed by atoms with Gasteiger partial charge in [0.25, 0.3) is 0 Å². The Hall–Kier alpha value is -1.13. The van der Waals surface area contributed by atoms with Crippen LogP contribution in [0.25, 0.3) is 0 Å². The van der Waals surface area contributed by atoms with Gasteiger partial charge in [0.15, 0.2) is 0 Å². The summed E-state index contributed by atoms with van der Waals surface area (Å²) in [5.41, 5.74) is 6.59. The van der Waals surface area contributed by atoms with E-state index in [9.17, 15) is 0 Å². The first kappa shape index (κ1) is 8.47. The SMILES string of the molecule is Nc1cc(C2COCCO2)ccn1. The molecule has 0 bridgehead atoms. The van der Waals surface area contributed by atoms with Gasteiger partial charge < -0.3 is 15.2 Å². The van der Waals surface area contributed by atoms with E-state index in [1.807, 2.05) is 12.1 Å². The van der Waals surface area contributed by atoms with Crippen LogP contribution in [0.1, 0.15) is 11.7 Å². The summed E-state index contributed by atoms with van der Waals surface area (Å²) in [6.07, 6.45) is 1.70. The van der Waals surface area contributed by atoms with Gasteiger partial charge in [0, 0.05) is 6.20 Å². The van der Waals surface area contributed by atoms with Crippen LogP contribution in [0, 0.1) is 0 Å². The Bertz CT molecular complexity index is 285. The summed E-state index contributed by atoms with van der Waals surface area (Å²) >= 11 is 0. The van der Waals surface area contributed by atoms with Crippen molar-refractivity contribution < 1.29 is 9.47 Å². The zero-order valence-electron chi connectivity index (χ0n) is 7.27. The predicted molar refractivity (Wildman–Crippen MR) is 48.2 cm³/mol. The second kappa shape index (κ2) is 3.72. The smallest absolute Gasteiger partial charge is 0.123 e. The average Bonchev–Trinajstić information content (AvgIpc) is 2.19. The molecule has 70 valence electrons. The van der Waals surface area contributed by atoms with E-state index in [4.69, 9.17) is 15.2 Å². The van der Waals surface area contributed by atoms with Crippen LogP contribution < -0.4 is 5.73 Å². The van der Waals surface area contributed by atoms with Crippen molar-refractivity contribution in [2.45, 2.75) is 6.10 Å². The van der Waals surface area contributed by atoms with Gasteiger partial charge in [-0.25, -0.2) is 4.98 Å². The summed E-state index contributed by atoms with van der Waals surface area (Å²) in [6.45, 7) is 1.92. The third-order valence-corrected chi connectivity index (χ3v) is 1.99. The zero-order chi connectivity index (χ0) is 9.10. The van der Waals surface area contributed by atoms with Crippen molar-refractivity contribution in [1.82, 2.24) is 4.98 Å². The molecule has 1 unspecified atom stereocenters. The molecule has 1 aliphatic rings. The first-order valence-corrected chi connectivity index (χ1v) is 4.27. The second-order valence-corrected chi connectivity index (χ2v) is 2.95. The highest BCUT2D eigenvalue weighted by Gasteiger charge is 2.16. The fourth-order valence-electron chi connectivity index (χ4n) is 1.35. The molecule has 0 radical (unpaired) electrons. The number of pyridine rings is 1. The molecule has 0 amide bonds. The Labute approximate surface area is 76.7 Å². The highest BCUT2D eigenvalue weighted by molar-refractivity contribution is 5.33. The van der Waals surface area contributed by atoms with E-state index in [0.717, 1.165) is 5.56 Å². The molecular formula is C9H12N2O2. The number of ether oxygens (including phenoxy) is 2. The fraction of sp³-hybridized carbons (Fsp3) is 0.444. The van der Waals surface area contributed by atoms with Gasteiger partial charge >= 0.3 is 0 Å². The highest BCUT2D eigenvalue weighted by atomic mass is 16.6. The number of aromatic nitrogens is 1. The van der Waals surface area contributed by atoms with E-state index in [0.29, 0.717) is 25.6 Å². The van der Waals surface area contributed by atoms with Crippen molar-refractivity contribution >= 4 is 5.82 Å². The van der Waals surface area contributed by atoms with E-state index >= 15 is 0 Å². The van der Waals surface area contributed by atoms with Gasteiger partial charge in [-0.05, 0) is 17.7 Å². The van der Waals surface area contributed by atoms with Crippen LogP contribution in [0.4, 0.5) is 5.82 Å². The van der Waals surface area contributed by atoms with Crippen molar-refractivity contribution in [2.24, 2.45) is 0 Å². The third kappa shape index (κ3) is 1.96. The molecule has 2 heterocycles. The molecule has 1 fully saturated rings. The summed E-state index contributed by atoms with van der Waals surface area (Å²) in [5, 5.41) is 0. The maximum Gasteiger partial charge on any atom is 0.123 e. The minimum Gasteiger partial charge on any atom is -0.384 e. The Morgan fingerprint density at radius 2 is 2.38 bits per heavy atom. The molecule has 4 nitrogen and oxygen atoms in total. The molecule has 2 rings (SSSR count). The van der Waals surface area contributed by atoms with Crippen LogP contribution >= 0.6 is 0 Å². The Morgan fingerprint density at radius 1 is 1.46 bits per heavy atom. The monoisotopic (exact) mass is 180 g/mol. The van der Waals surface area contributed by atoms with Crippen LogP contribution in [-0.2, 0) is 9.47 Å². The van der Waals surface area contributed by atoms with Crippen molar-refractivity contribution in [2.75, 3.05) is 25.6 Å². The minimum absolute atomic E-state index is 0.0130. The summed E-state index contributed by atoms with van der Waals surface area (Å²) in [7, 11) is 0. The van der Waals surface area contributed by atoms with Crippen LogP contribution in [0.5, 0.6) is 0 Å². The highest BCUT2D eigenvalue weighted by Crippen LogP contribution is 2.20. The van der Waals surface area contributed by atoms with Crippen molar-refractivity contribution in [1.29, 1.82) is 0 Å². The lowest BCUT2D eigenvalue weighted by Gasteiger charge is -2.23. The zero-order valence-corrected chi connectivity index (χ0v) is 7.27. The van der Waals surface area contributed by atoms with Crippen LogP contribution in [0.2, 0.25) is 0 Å². The molecule has 4 heteroatoms. The third-order valence-electron chi connectivity index (χ3n) is 1.99. The molecule has 0 saturated carbocycles. The lowest BCUT2D eigenvalue weighted by atomic mass is 10.1. The Kier molecular flexibility index (Phi) is 2.42. The molecule has 0 aromatic carbocycles. The molecule has 13 heavy (non-hydrogen) atoms. The standard InChI is InChI=1S/C9H12N2O2/c10-9-5-7(1-2-11-9)8-6-12-3-4-13-8/h1-2,5,8H,3-4,6H2,(H2,10,11). The average molecular weight is 180 g/mol. The summed E-state index contributed by atoms with van der Waals surface area (Å²) in [5.74, 6) is 0.520. The maximum atomic E-state index is 5.56. The van der Waals surface area contributed by atoms with Gasteiger partial charge in [0.1, 0.15) is 11.9 Å². The molecule has 1 aromatic heterocycles. The van der Waals surface area contributed by atoms with E-state index < -0.39 is 0 Å². The van der Waals surface area contributed by atoms with Crippen LogP contribution in [0.3, 0.4) is 0 Å². The Balaban J connectivity index is 2.14. The summed E-state index contributed by atoms with van der Waals surface area (Å²) in [4.78, 5) is 3.92. The predicted octanol–water partition coefficient (Wildman–Crippen LogP) is 0.752. The number of anilines is 1. The number of rotatable bonds is 1. The van der Waals surface area contributed by atoms with Gasteiger partial charge in [-0.3, -0.25) is 0 Å². The number of hydrogen-bond donors (Lipinski definition) is 1. The number of hydrogen-bond acceptors (Lipinski definition) is 4. The van der Waals surface area contributed by atoms with Crippen LogP contribution in [0.15, 0.2) is 18.3 Å². The number of nitrogens with two attached hydrogens (primary N) is 1. The second-order valence-electron chi connectivity index (χ2n) is 2.95. The van der Waals surface area contributed by atoms with Crippen molar-refractivity contribution in [3.8, 4) is 0 Å². The first-order chi connectivity index (χ1) is 6.36. The lowest BCUT2D eigenvalue weighted by molar-refractivity contribution is -0.0901. The fourth-order valence-corrected chi connectivity index (χ4v) is 1.35. The van der Waals surface area contributed by atoms with E-state index in [1.54, 1.807) is 6.20 Å². The molecule has 1 aliphatic heterocycles. The molecule has 0 aliphatic carbocycles. The van der Waals surface area contributed by atoms with Crippen molar-refractivity contribution in [3.05, 3.63) is 23.9 Å². The lowest BCUT2D eigenvalue weighted by Crippen LogP contribution is -2.22. The summed E-state index contributed by atoms with van der Waals surface area (Å²) < 4.78 is 10.8. The Morgan fingerprint density at radius 3 is 3.08 bits per heavy atom. The van der Waals surface area contributed by atoms with E-state index in [1.165, 1.54) is 0 Å². The maximum absolute atomic E-state index is 5.56. The molecule has 1 aromatic rings. The molecule has 1 saturated heterocycles. The molecular weight excluding hydrogens is 168 g/mol. The first-order valence-electron chi connectivity index (χ1n) is 4.27. The minimum atomic E-state index is 0.0130. The van der Waals surface area contributed by atoms with Gasteiger partial charge in [-0.1, -0.05) is 0 Å². The topological polar surface area (TPSA) is 57.4 Å². The van der Waals surface area contributed by atoms with Gasteiger partial charge in [0.05, 0.1) is 19.8 Å². The van der Waals surface area contributed by atoms with Crippen molar-refractivity contribution in [3.63, 3.8) is 0 Å². The normalized spacial score (nSPS) is 22.9. The summed E-state index contributed by atoms with van der Waals surface area (Å²) in [6, 6.07) is 3.72. The molecule has 1 atom stereocenters. The van der Waals surface area contributed by atoms with Gasteiger partial charge in [-0.15, -0.1) is 0 Å². The molecule has 0 spiro atoms.